The van der Waals surface area contributed by atoms with Crippen LogP contribution in [-0.4, -0.2) is 16.7 Å². The van der Waals surface area contributed by atoms with Crippen molar-refractivity contribution in [3.8, 4) is 0 Å². The van der Waals surface area contributed by atoms with Crippen molar-refractivity contribution < 1.29 is 4.42 Å². The minimum absolute atomic E-state index is 0.0852. The summed E-state index contributed by atoms with van der Waals surface area (Å²) in [6.07, 6.45) is 0. The van der Waals surface area contributed by atoms with Gasteiger partial charge in [-0.3, -0.25) is 4.90 Å². The van der Waals surface area contributed by atoms with Gasteiger partial charge in [0.05, 0.1) is 0 Å². The van der Waals surface area contributed by atoms with Crippen LogP contribution in [0.25, 0.3) is 0 Å². The number of aryl methyl sites for hydroxylation is 1. The molecule has 0 bridgehead atoms. The molecule has 0 aliphatic heterocycles. The normalized spacial score (nSPS) is 10.4. The van der Waals surface area contributed by atoms with Crippen molar-refractivity contribution >= 4 is 17.7 Å². The lowest BCUT2D eigenvalue weighted by molar-refractivity contribution is 0.570. The molecule has 0 amide bonds. The van der Waals surface area contributed by atoms with E-state index >= 15 is 0 Å². The zero-order chi connectivity index (χ0) is 11.5. The Balaban J connectivity index is 2.40. The standard InChI is InChI=1S/C11H14N4O/c1-3-15(11-14-13-10(12)16-11)9-7-5-4-6-8(9)2/h4-7H,3H2,1-2H3,(H2,12,13). The number of aromatic nitrogens is 2. The summed E-state index contributed by atoms with van der Waals surface area (Å²) >= 11 is 0. The third-order valence-electron chi connectivity index (χ3n) is 2.38. The Hall–Kier alpha value is -2.04. The maximum Gasteiger partial charge on any atom is 0.324 e. The van der Waals surface area contributed by atoms with Crippen LogP contribution in [0.1, 0.15) is 12.5 Å². The number of hydrogen-bond acceptors (Lipinski definition) is 5. The molecule has 84 valence electrons. The van der Waals surface area contributed by atoms with E-state index in [1.165, 1.54) is 0 Å². The van der Waals surface area contributed by atoms with E-state index in [0.717, 1.165) is 17.8 Å². The average Bonchev–Trinajstić information content (AvgIpc) is 2.69. The number of anilines is 3. The van der Waals surface area contributed by atoms with Gasteiger partial charge in [0.1, 0.15) is 0 Å². The van der Waals surface area contributed by atoms with Crippen LogP contribution in [0.2, 0.25) is 0 Å². The molecule has 0 saturated heterocycles. The summed E-state index contributed by atoms with van der Waals surface area (Å²) in [5, 5.41) is 7.55. The number of rotatable bonds is 3. The van der Waals surface area contributed by atoms with Crippen molar-refractivity contribution in [1.82, 2.24) is 10.2 Å². The van der Waals surface area contributed by atoms with Crippen LogP contribution in [0.15, 0.2) is 28.7 Å². The average molecular weight is 218 g/mol. The van der Waals surface area contributed by atoms with Gasteiger partial charge in [-0.05, 0) is 25.5 Å². The zero-order valence-corrected chi connectivity index (χ0v) is 9.34. The fourth-order valence-corrected chi connectivity index (χ4v) is 1.61. The number of hydrogen-bond donors (Lipinski definition) is 1. The molecule has 0 fully saturated rings. The smallest absolute Gasteiger partial charge is 0.324 e. The van der Waals surface area contributed by atoms with Gasteiger partial charge in [-0.15, -0.1) is 0 Å². The lowest BCUT2D eigenvalue weighted by Crippen LogP contribution is -2.17. The third-order valence-corrected chi connectivity index (χ3v) is 2.38. The SMILES string of the molecule is CCN(c1nnc(N)o1)c1ccccc1C. The van der Waals surface area contributed by atoms with Gasteiger partial charge in [-0.25, -0.2) is 0 Å². The first-order chi connectivity index (χ1) is 7.72. The van der Waals surface area contributed by atoms with E-state index in [1.54, 1.807) is 0 Å². The van der Waals surface area contributed by atoms with E-state index < -0.39 is 0 Å². The quantitative estimate of drug-likeness (QED) is 0.854. The van der Waals surface area contributed by atoms with Gasteiger partial charge in [0.25, 0.3) is 0 Å². The van der Waals surface area contributed by atoms with Gasteiger partial charge in [-0.2, -0.15) is 0 Å². The summed E-state index contributed by atoms with van der Waals surface area (Å²) in [7, 11) is 0. The fraction of sp³-hybridized carbons (Fsp3) is 0.273. The minimum Gasteiger partial charge on any atom is -0.389 e. The van der Waals surface area contributed by atoms with Crippen LogP contribution in [-0.2, 0) is 0 Å². The van der Waals surface area contributed by atoms with Crippen LogP contribution in [0.4, 0.5) is 17.7 Å². The topological polar surface area (TPSA) is 68.2 Å². The van der Waals surface area contributed by atoms with Crippen molar-refractivity contribution in [2.75, 3.05) is 17.2 Å². The van der Waals surface area contributed by atoms with Crippen LogP contribution in [0.3, 0.4) is 0 Å². The van der Waals surface area contributed by atoms with Crippen LogP contribution >= 0.6 is 0 Å². The molecule has 2 N–H and O–H groups in total. The summed E-state index contributed by atoms with van der Waals surface area (Å²) in [5.74, 6) is 0. The summed E-state index contributed by atoms with van der Waals surface area (Å²) in [6.45, 7) is 4.80. The van der Waals surface area contributed by atoms with Crippen molar-refractivity contribution in [1.29, 1.82) is 0 Å². The predicted molar refractivity (Wildman–Crippen MR) is 62.6 cm³/mol. The van der Waals surface area contributed by atoms with Gasteiger partial charge < -0.3 is 10.2 Å². The molecule has 0 saturated carbocycles. The highest BCUT2D eigenvalue weighted by molar-refractivity contribution is 5.60. The monoisotopic (exact) mass is 218 g/mol. The van der Waals surface area contributed by atoms with Gasteiger partial charge >= 0.3 is 12.0 Å². The minimum atomic E-state index is 0.0852. The molecule has 16 heavy (non-hydrogen) atoms. The summed E-state index contributed by atoms with van der Waals surface area (Å²) in [4.78, 5) is 1.93. The van der Waals surface area contributed by atoms with Gasteiger partial charge in [0.15, 0.2) is 0 Å². The van der Waals surface area contributed by atoms with Gasteiger partial charge in [0, 0.05) is 12.2 Å². The van der Waals surface area contributed by atoms with Crippen molar-refractivity contribution in [2.24, 2.45) is 0 Å². The number of para-hydroxylation sites is 1. The Bertz CT molecular complexity index is 480. The number of benzene rings is 1. The highest BCUT2D eigenvalue weighted by Gasteiger charge is 2.15. The molecule has 0 spiro atoms. The second kappa shape index (κ2) is 4.22. The van der Waals surface area contributed by atoms with Crippen LogP contribution < -0.4 is 10.6 Å². The number of nitrogens with zero attached hydrogens (tertiary/aromatic N) is 3. The third kappa shape index (κ3) is 1.84. The van der Waals surface area contributed by atoms with E-state index in [9.17, 15) is 0 Å². The van der Waals surface area contributed by atoms with Gasteiger partial charge in [-0.1, -0.05) is 28.4 Å². The van der Waals surface area contributed by atoms with Gasteiger partial charge in [0.2, 0.25) is 0 Å². The molecule has 0 aliphatic carbocycles. The molecular formula is C11H14N4O. The highest BCUT2D eigenvalue weighted by Crippen LogP contribution is 2.26. The fourth-order valence-electron chi connectivity index (χ4n) is 1.61. The number of nitrogen functional groups attached to an aromatic ring is 1. The predicted octanol–water partition coefficient (Wildman–Crippen LogP) is 2.12. The maximum absolute atomic E-state index is 5.42. The second-order valence-corrected chi connectivity index (χ2v) is 3.45. The lowest BCUT2D eigenvalue weighted by atomic mass is 10.2. The summed E-state index contributed by atoms with van der Waals surface area (Å²) in [5.41, 5.74) is 7.62. The first-order valence-electron chi connectivity index (χ1n) is 5.14. The Morgan fingerprint density at radius 1 is 1.31 bits per heavy atom. The molecule has 5 nitrogen and oxygen atoms in total. The number of nitrogens with two attached hydrogens (primary N) is 1. The molecule has 2 aromatic rings. The molecule has 5 heteroatoms. The summed E-state index contributed by atoms with van der Waals surface area (Å²) in [6, 6.07) is 8.53. The molecule has 0 aliphatic rings. The van der Waals surface area contributed by atoms with Crippen molar-refractivity contribution in [3.63, 3.8) is 0 Å². The Morgan fingerprint density at radius 2 is 2.06 bits per heavy atom. The first kappa shape index (κ1) is 10.5. The van der Waals surface area contributed by atoms with E-state index in [2.05, 4.69) is 10.2 Å². The summed E-state index contributed by atoms with van der Waals surface area (Å²) < 4.78 is 5.23. The largest absolute Gasteiger partial charge is 0.389 e. The molecule has 1 aromatic carbocycles. The van der Waals surface area contributed by atoms with Crippen molar-refractivity contribution in [2.45, 2.75) is 13.8 Å². The molecule has 0 unspecified atom stereocenters. The lowest BCUT2D eigenvalue weighted by Gasteiger charge is -2.19. The highest BCUT2D eigenvalue weighted by atomic mass is 16.4. The molecule has 0 radical (unpaired) electrons. The Morgan fingerprint density at radius 3 is 2.62 bits per heavy atom. The van der Waals surface area contributed by atoms with Crippen LogP contribution in [0.5, 0.6) is 0 Å². The zero-order valence-electron chi connectivity index (χ0n) is 9.34. The van der Waals surface area contributed by atoms with Crippen LogP contribution in [0, 0.1) is 6.92 Å². The van der Waals surface area contributed by atoms with E-state index in [1.807, 2.05) is 43.0 Å². The molecule has 0 atom stereocenters. The Kier molecular flexibility index (Phi) is 2.76. The van der Waals surface area contributed by atoms with E-state index in [4.69, 9.17) is 10.2 Å². The molecule has 2 rings (SSSR count). The maximum atomic E-state index is 5.42. The molecule has 1 aromatic heterocycles. The second-order valence-electron chi connectivity index (χ2n) is 3.45. The van der Waals surface area contributed by atoms with E-state index in [0.29, 0.717) is 6.01 Å². The first-order valence-corrected chi connectivity index (χ1v) is 5.14. The molecule has 1 heterocycles. The van der Waals surface area contributed by atoms with Crippen molar-refractivity contribution in [3.05, 3.63) is 29.8 Å². The van der Waals surface area contributed by atoms with E-state index in [-0.39, 0.29) is 6.01 Å². The molecular weight excluding hydrogens is 204 g/mol. The Labute approximate surface area is 93.9 Å².